The molecule has 1 atom stereocenters. The van der Waals surface area contributed by atoms with Gasteiger partial charge in [-0.05, 0) is 42.0 Å². The lowest BCUT2D eigenvalue weighted by Gasteiger charge is -2.14. The number of Topliss-reactive ketones (excluding diaryl/α,β-unsaturated/α-hetero) is 1. The maximum absolute atomic E-state index is 12.3. The van der Waals surface area contributed by atoms with Crippen LogP contribution in [0.1, 0.15) is 10.8 Å². The van der Waals surface area contributed by atoms with Gasteiger partial charge in [0.2, 0.25) is 0 Å². The predicted molar refractivity (Wildman–Crippen MR) is 90.7 cm³/mol. The molecule has 0 saturated heterocycles. The molecule has 0 aliphatic heterocycles. The van der Waals surface area contributed by atoms with Crippen LogP contribution in [0.3, 0.4) is 0 Å². The van der Waals surface area contributed by atoms with Crippen LogP contribution < -0.4 is 10.6 Å². The summed E-state index contributed by atoms with van der Waals surface area (Å²) in [6.07, 6.45) is 1.14. The maximum atomic E-state index is 12.3. The van der Waals surface area contributed by atoms with Crippen LogP contribution in [0.5, 0.6) is 5.75 Å². The largest absolute Gasteiger partial charge is 0.497 e. The van der Waals surface area contributed by atoms with Crippen LogP contribution in [0.25, 0.3) is 0 Å². The molecule has 0 fully saturated rings. The Morgan fingerprint density at radius 2 is 1.86 bits per heavy atom. The van der Waals surface area contributed by atoms with Crippen molar-refractivity contribution in [3.05, 3.63) is 59.1 Å². The molecule has 2 aromatic carbocycles. The minimum atomic E-state index is -0.431. The number of hydrogen-bond acceptors (Lipinski definition) is 5. The van der Waals surface area contributed by atoms with Crippen molar-refractivity contribution < 1.29 is 9.53 Å². The highest BCUT2D eigenvalue weighted by molar-refractivity contribution is 8.00. The molecule has 0 aliphatic rings. The third kappa shape index (κ3) is 4.26. The predicted octanol–water partition coefficient (Wildman–Crippen LogP) is 3.70. The molecule has 6 heteroatoms. The summed E-state index contributed by atoms with van der Waals surface area (Å²) in [5.41, 5.74) is 0.852. The zero-order valence-electron chi connectivity index (χ0n) is 11.9. The number of nitrogens with two attached hydrogens (primary N) is 1. The van der Waals surface area contributed by atoms with E-state index in [9.17, 15) is 4.79 Å². The standard InChI is InChI=1S/C16H15ClN2O2S/c1-21-13-6-2-11(3-7-13)16(15(20)10-19-18)22-14-8-4-12(17)5-9-14/h2-10,16H,18H2,1H3. The van der Waals surface area contributed by atoms with Crippen molar-refractivity contribution in [2.75, 3.05) is 7.11 Å². The molecule has 114 valence electrons. The number of carbonyl (C=O) groups is 1. The Bertz CT molecular complexity index is 657. The Labute approximate surface area is 138 Å². The normalized spacial score (nSPS) is 12.3. The molecule has 2 N–H and O–H groups in total. The third-order valence-corrected chi connectivity index (χ3v) is 4.48. The van der Waals surface area contributed by atoms with Gasteiger partial charge in [0.1, 0.15) is 5.75 Å². The van der Waals surface area contributed by atoms with Gasteiger partial charge in [0, 0.05) is 9.92 Å². The number of benzene rings is 2. The Hall–Kier alpha value is -1.98. The van der Waals surface area contributed by atoms with E-state index in [-0.39, 0.29) is 5.78 Å². The van der Waals surface area contributed by atoms with E-state index in [1.54, 1.807) is 19.2 Å². The van der Waals surface area contributed by atoms with Crippen molar-refractivity contribution in [1.82, 2.24) is 0 Å². The van der Waals surface area contributed by atoms with Gasteiger partial charge < -0.3 is 10.6 Å². The van der Waals surface area contributed by atoms with Gasteiger partial charge in [0.15, 0.2) is 5.78 Å². The number of ketones is 1. The molecule has 1 unspecified atom stereocenters. The first-order valence-electron chi connectivity index (χ1n) is 6.47. The second kappa shape index (κ2) is 7.87. The van der Waals surface area contributed by atoms with E-state index < -0.39 is 5.25 Å². The zero-order valence-corrected chi connectivity index (χ0v) is 13.5. The van der Waals surface area contributed by atoms with Gasteiger partial charge in [-0.25, -0.2) is 0 Å². The average Bonchev–Trinajstić information content (AvgIpc) is 2.54. The molecular weight excluding hydrogens is 320 g/mol. The fourth-order valence-electron chi connectivity index (χ4n) is 1.86. The SMILES string of the molecule is COc1ccc(C(Sc2ccc(Cl)cc2)C(=O)C=NN)cc1. The summed E-state index contributed by atoms with van der Waals surface area (Å²) in [4.78, 5) is 13.2. The third-order valence-electron chi connectivity index (χ3n) is 2.95. The van der Waals surface area contributed by atoms with E-state index in [0.717, 1.165) is 22.4 Å². The molecule has 0 heterocycles. The molecule has 0 spiro atoms. The zero-order chi connectivity index (χ0) is 15.9. The molecule has 2 rings (SSSR count). The number of ether oxygens (including phenoxy) is 1. The molecule has 2 aromatic rings. The lowest BCUT2D eigenvalue weighted by molar-refractivity contribution is -0.112. The molecule has 22 heavy (non-hydrogen) atoms. The van der Waals surface area contributed by atoms with E-state index in [0.29, 0.717) is 5.02 Å². The van der Waals surface area contributed by atoms with Gasteiger partial charge in [-0.15, -0.1) is 11.8 Å². The molecule has 4 nitrogen and oxygen atoms in total. The molecule has 0 saturated carbocycles. The topological polar surface area (TPSA) is 64.7 Å². The lowest BCUT2D eigenvalue weighted by atomic mass is 10.1. The number of halogens is 1. The first-order valence-corrected chi connectivity index (χ1v) is 7.73. The Kier molecular flexibility index (Phi) is 5.86. The minimum absolute atomic E-state index is 0.174. The van der Waals surface area contributed by atoms with Crippen molar-refractivity contribution in [3.63, 3.8) is 0 Å². The summed E-state index contributed by atoms with van der Waals surface area (Å²) in [6, 6.07) is 14.7. The quantitative estimate of drug-likeness (QED) is 0.378. The number of hydrazone groups is 1. The van der Waals surface area contributed by atoms with Crippen molar-refractivity contribution in [2.45, 2.75) is 10.1 Å². The van der Waals surface area contributed by atoms with Crippen molar-refractivity contribution in [2.24, 2.45) is 10.9 Å². The Balaban J connectivity index is 2.28. The first kappa shape index (κ1) is 16.4. The summed E-state index contributed by atoms with van der Waals surface area (Å²) >= 11 is 7.30. The molecule has 0 radical (unpaired) electrons. The van der Waals surface area contributed by atoms with Crippen LogP contribution in [0, 0.1) is 0 Å². The number of rotatable bonds is 6. The van der Waals surface area contributed by atoms with Gasteiger partial charge in [-0.1, -0.05) is 23.7 Å². The maximum Gasteiger partial charge on any atom is 0.193 e. The lowest BCUT2D eigenvalue weighted by Crippen LogP contribution is -2.11. The van der Waals surface area contributed by atoms with Crippen LogP contribution in [0.15, 0.2) is 58.5 Å². The summed E-state index contributed by atoms with van der Waals surface area (Å²) in [5, 5.41) is 3.56. The number of methoxy groups -OCH3 is 1. The molecule has 0 aliphatic carbocycles. The van der Waals surface area contributed by atoms with Crippen LogP contribution >= 0.6 is 23.4 Å². The molecule has 0 amide bonds. The van der Waals surface area contributed by atoms with Crippen LogP contribution in [0.4, 0.5) is 0 Å². The number of nitrogens with zero attached hydrogens (tertiary/aromatic N) is 1. The van der Waals surface area contributed by atoms with E-state index in [1.807, 2.05) is 36.4 Å². The second-order valence-electron chi connectivity index (χ2n) is 4.41. The first-order chi connectivity index (χ1) is 10.6. The van der Waals surface area contributed by atoms with E-state index in [2.05, 4.69) is 5.10 Å². The van der Waals surface area contributed by atoms with Crippen LogP contribution in [-0.2, 0) is 4.79 Å². The van der Waals surface area contributed by atoms with E-state index in [1.165, 1.54) is 11.8 Å². The summed E-state index contributed by atoms with van der Waals surface area (Å²) in [7, 11) is 1.60. The average molecular weight is 335 g/mol. The van der Waals surface area contributed by atoms with Crippen LogP contribution in [0.2, 0.25) is 5.02 Å². The highest BCUT2D eigenvalue weighted by Crippen LogP contribution is 2.36. The highest BCUT2D eigenvalue weighted by atomic mass is 35.5. The monoisotopic (exact) mass is 334 g/mol. The van der Waals surface area contributed by atoms with Crippen molar-refractivity contribution in [1.29, 1.82) is 0 Å². The Morgan fingerprint density at radius 1 is 1.23 bits per heavy atom. The van der Waals surface area contributed by atoms with Crippen molar-refractivity contribution >= 4 is 35.4 Å². The van der Waals surface area contributed by atoms with Gasteiger partial charge >= 0.3 is 0 Å². The molecular formula is C16H15ClN2O2S. The van der Waals surface area contributed by atoms with Gasteiger partial charge in [-0.3, -0.25) is 4.79 Å². The van der Waals surface area contributed by atoms with E-state index >= 15 is 0 Å². The fourth-order valence-corrected chi connectivity index (χ4v) is 3.02. The smallest absolute Gasteiger partial charge is 0.193 e. The number of thioether (sulfide) groups is 1. The summed E-state index contributed by atoms with van der Waals surface area (Å²) in [5.74, 6) is 5.67. The summed E-state index contributed by atoms with van der Waals surface area (Å²) in [6.45, 7) is 0. The van der Waals surface area contributed by atoms with Gasteiger partial charge in [-0.2, -0.15) is 5.10 Å². The number of hydrogen-bond donors (Lipinski definition) is 1. The molecule has 0 bridgehead atoms. The minimum Gasteiger partial charge on any atom is -0.497 e. The summed E-state index contributed by atoms with van der Waals surface area (Å²) < 4.78 is 5.14. The second-order valence-corrected chi connectivity index (χ2v) is 6.02. The molecule has 0 aromatic heterocycles. The number of carbonyl (C=O) groups excluding carboxylic acids is 1. The Morgan fingerprint density at radius 3 is 2.41 bits per heavy atom. The van der Waals surface area contributed by atoms with Gasteiger partial charge in [0.25, 0.3) is 0 Å². The van der Waals surface area contributed by atoms with Crippen LogP contribution in [-0.4, -0.2) is 19.1 Å². The highest BCUT2D eigenvalue weighted by Gasteiger charge is 2.20. The van der Waals surface area contributed by atoms with E-state index in [4.69, 9.17) is 22.2 Å². The van der Waals surface area contributed by atoms with Crippen molar-refractivity contribution in [3.8, 4) is 5.75 Å². The van der Waals surface area contributed by atoms with Gasteiger partial charge in [0.05, 0.1) is 18.6 Å². The fraction of sp³-hybridized carbons (Fsp3) is 0.125.